The van der Waals surface area contributed by atoms with E-state index in [4.69, 9.17) is 14.2 Å². The Morgan fingerprint density at radius 1 is 1.08 bits per heavy atom. The average Bonchev–Trinajstić information content (AvgIpc) is 2.65. The van der Waals surface area contributed by atoms with Gasteiger partial charge in [-0.05, 0) is 24.3 Å². The summed E-state index contributed by atoms with van der Waals surface area (Å²) in [5.41, 5.74) is 0.727. The van der Waals surface area contributed by atoms with Gasteiger partial charge < -0.3 is 19.1 Å². The third-order valence-corrected chi connectivity index (χ3v) is 3.63. The summed E-state index contributed by atoms with van der Waals surface area (Å²) >= 11 is 0. The normalized spacial score (nSPS) is 15.5. The maximum Gasteiger partial charge on any atom is 0.351 e. The molecule has 24 heavy (non-hydrogen) atoms. The van der Waals surface area contributed by atoms with Crippen LogP contribution in [0.3, 0.4) is 0 Å². The summed E-state index contributed by atoms with van der Waals surface area (Å²) in [5, 5.41) is 0. The van der Waals surface area contributed by atoms with E-state index in [0.717, 1.165) is 5.69 Å². The summed E-state index contributed by atoms with van der Waals surface area (Å²) in [5.74, 6) is 0.117. The Morgan fingerprint density at radius 2 is 1.75 bits per heavy atom. The van der Waals surface area contributed by atoms with Gasteiger partial charge in [-0.1, -0.05) is 30.3 Å². The second-order valence-corrected chi connectivity index (χ2v) is 5.26. The highest BCUT2D eigenvalue weighted by Gasteiger charge is 2.29. The number of rotatable bonds is 4. The Kier molecular flexibility index (Phi) is 4.65. The minimum Gasteiger partial charge on any atom is -0.485 e. The maximum absolute atomic E-state index is 12.1. The standard InChI is InChI=1S/C18H17NO5/c1-19(13-7-3-2-4-8-13)17(20)12-23-18(21)16-11-22-14-9-5-6-10-15(14)24-16/h2-10,16H,11-12H2,1H3/t16-/m1/s1. The van der Waals surface area contributed by atoms with E-state index < -0.39 is 12.1 Å². The van der Waals surface area contributed by atoms with Gasteiger partial charge in [0.05, 0.1) is 0 Å². The zero-order chi connectivity index (χ0) is 16.9. The number of para-hydroxylation sites is 3. The number of hydrogen-bond acceptors (Lipinski definition) is 5. The molecule has 2 aromatic carbocycles. The van der Waals surface area contributed by atoms with E-state index in [1.165, 1.54) is 4.90 Å². The molecule has 1 amide bonds. The zero-order valence-electron chi connectivity index (χ0n) is 13.2. The Bertz CT molecular complexity index is 731. The van der Waals surface area contributed by atoms with Gasteiger partial charge in [-0.15, -0.1) is 0 Å². The number of amides is 1. The Hall–Kier alpha value is -3.02. The second-order valence-electron chi connectivity index (χ2n) is 5.26. The highest BCUT2D eigenvalue weighted by Crippen LogP contribution is 2.31. The van der Waals surface area contributed by atoms with Crippen LogP contribution in [0.1, 0.15) is 0 Å². The monoisotopic (exact) mass is 327 g/mol. The highest BCUT2D eigenvalue weighted by atomic mass is 16.6. The van der Waals surface area contributed by atoms with Gasteiger partial charge in [-0.3, -0.25) is 4.79 Å². The van der Waals surface area contributed by atoms with Crippen LogP contribution in [0.4, 0.5) is 5.69 Å². The van der Waals surface area contributed by atoms with Crippen molar-refractivity contribution in [3.63, 3.8) is 0 Å². The molecule has 6 heteroatoms. The quantitative estimate of drug-likeness (QED) is 0.804. The minimum atomic E-state index is -0.880. The lowest BCUT2D eigenvalue weighted by Crippen LogP contribution is -2.40. The molecule has 0 saturated heterocycles. The van der Waals surface area contributed by atoms with Crippen molar-refractivity contribution in [2.75, 3.05) is 25.2 Å². The van der Waals surface area contributed by atoms with Crippen molar-refractivity contribution in [1.82, 2.24) is 0 Å². The smallest absolute Gasteiger partial charge is 0.351 e. The molecule has 0 spiro atoms. The molecular weight excluding hydrogens is 310 g/mol. The van der Waals surface area contributed by atoms with Crippen LogP contribution in [0.25, 0.3) is 0 Å². The van der Waals surface area contributed by atoms with Gasteiger partial charge in [-0.2, -0.15) is 0 Å². The molecule has 0 bridgehead atoms. The highest BCUT2D eigenvalue weighted by molar-refractivity contribution is 5.94. The van der Waals surface area contributed by atoms with E-state index in [-0.39, 0.29) is 19.1 Å². The van der Waals surface area contributed by atoms with E-state index in [1.807, 2.05) is 24.3 Å². The van der Waals surface area contributed by atoms with Crippen LogP contribution in [0, 0.1) is 0 Å². The molecule has 1 aliphatic heterocycles. The molecule has 1 heterocycles. The third kappa shape index (κ3) is 3.48. The first-order chi connectivity index (χ1) is 11.6. The van der Waals surface area contributed by atoms with E-state index in [0.29, 0.717) is 11.5 Å². The van der Waals surface area contributed by atoms with Crippen molar-refractivity contribution in [1.29, 1.82) is 0 Å². The van der Waals surface area contributed by atoms with E-state index in [9.17, 15) is 9.59 Å². The number of likely N-dealkylation sites (N-methyl/N-ethyl adjacent to an activating group) is 1. The fourth-order valence-corrected chi connectivity index (χ4v) is 2.25. The summed E-state index contributed by atoms with van der Waals surface area (Å²) in [4.78, 5) is 25.6. The molecule has 0 aliphatic carbocycles. The fourth-order valence-electron chi connectivity index (χ4n) is 2.25. The van der Waals surface area contributed by atoms with Crippen LogP contribution in [0.15, 0.2) is 54.6 Å². The first kappa shape index (κ1) is 15.9. The summed E-state index contributed by atoms with van der Waals surface area (Å²) < 4.78 is 16.1. The summed E-state index contributed by atoms with van der Waals surface area (Å²) in [7, 11) is 1.63. The van der Waals surface area contributed by atoms with Crippen LogP contribution in [-0.2, 0) is 14.3 Å². The number of nitrogens with zero attached hydrogens (tertiary/aromatic N) is 1. The molecule has 0 N–H and O–H groups in total. The molecule has 6 nitrogen and oxygen atoms in total. The number of esters is 1. The number of carbonyl (C=O) groups is 2. The van der Waals surface area contributed by atoms with Crippen LogP contribution in [0.5, 0.6) is 11.5 Å². The Balaban J connectivity index is 1.54. The van der Waals surface area contributed by atoms with Gasteiger partial charge in [0.25, 0.3) is 5.91 Å². The second kappa shape index (κ2) is 7.04. The minimum absolute atomic E-state index is 0.0541. The molecule has 0 fully saturated rings. The predicted octanol–water partition coefficient (Wildman–Crippen LogP) is 2.03. The number of ether oxygens (including phenoxy) is 3. The molecule has 1 aliphatic rings. The number of anilines is 1. The van der Waals surface area contributed by atoms with Crippen molar-refractivity contribution >= 4 is 17.6 Å². The number of carbonyl (C=O) groups excluding carboxylic acids is 2. The summed E-state index contributed by atoms with van der Waals surface area (Å²) in [6.45, 7) is -0.301. The molecule has 0 saturated carbocycles. The average molecular weight is 327 g/mol. The van der Waals surface area contributed by atoms with E-state index in [2.05, 4.69) is 0 Å². The van der Waals surface area contributed by atoms with Crippen LogP contribution < -0.4 is 14.4 Å². The van der Waals surface area contributed by atoms with Crippen molar-refractivity contribution in [2.24, 2.45) is 0 Å². The lowest BCUT2D eigenvalue weighted by atomic mass is 10.2. The predicted molar refractivity (Wildman–Crippen MR) is 87.2 cm³/mol. The van der Waals surface area contributed by atoms with E-state index in [1.54, 1.807) is 37.4 Å². The zero-order valence-corrected chi connectivity index (χ0v) is 13.2. The maximum atomic E-state index is 12.1. The number of hydrogen-bond donors (Lipinski definition) is 0. The third-order valence-electron chi connectivity index (χ3n) is 3.63. The first-order valence-electron chi connectivity index (χ1n) is 7.52. The topological polar surface area (TPSA) is 65.1 Å². The van der Waals surface area contributed by atoms with Gasteiger partial charge in [0.2, 0.25) is 6.10 Å². The van der Waals surface area contributed by atoms with Gasteiger partial charge in [0.15, 0.2) is 18.1 Å². The van der Waals surface area contributed by atoms with Crippen molar-refractivity contribution in [3.8, 4) is 11.5 Å². The van der Waals surface area contributed by atoms with Gasteiger partial charge >= 0.3 is 5.97 Å². The van der Waals surface area contributed by atoms with Gasteiger partial charge in [-0.25, -0.2) is 4.79 Å². The van der Waals surface area contributed by atoms with Crippen LogP contribution in [-0.4, -0.2) is 38.2 Å². The lowest BCUT2D eigenvalue weighted by molar-refractivity contribution is -0.157. The summed E-state index contributed by atoms with van der Waals surface area (Å²) in [6, 6.07) is 16.2. The van der Waals surface area contributed by atoms with Crippen molar-refractivity contribution < 1.29 is 23.8 Å². The lowest BCUT2D eigenvalue weighted by Gasteiger charge is -2.25. The number of fused-ring (bicyclic) bond motifs is 1. The fraction of sp³-hybridized carbons (Fsp3) is 0.222. The molecule has 0 aromatic heterocycles. The van der Waals surface area contributed by atoms with E-state index >= 15 is 0 Å². The molecule has 124 valence electrons. The summed E-state index contributed by atoms with van der Waals surface area (Å²) in [6.07, 6.45) is -0.880. The first-order valence-corrected chi connectivity index (χ1v) is 7.52. The van der Waals surface area contributed by atoms with Crippen molar-refractivity contribution in [3.05, 3.63) is 54.6 Å². The number of benzene rings is 2. The van der Waals surface area contributed by atoms with Crippen molar-refractivity contribution in [2.45, 2.75) is 6.10 Å². The molecule has 3 rings (SSSR count). The van der Waals surface area contributed by atoms with Gasteiger partial charge in [0, 0.05) is 12.7 Å². The largest absolute Gasteiger partial charge is 0.485 e. The SMILES string of the molecule is CN(C(=O)COC(=O)[C@H]1COc2ccccc2O1)c1ccccc1. The molecule has 2 aromatic rings. The van der Waals surface area contributed by atoms with Crippen LogP contribution in [0.2, 0.25) is 0 Å². The van der Waals surface area contributed by atoms with Crippen LogP contribution >= 0.6 is 0 Å². The Labute approximate surface area is 139 Å². The molecular formula is C18H17NO5. The van der Waals surface area contributed by atoms with Gasteiger partial charge in [0.1, 0.15) is 6.61 Å². The molecule has 0 unspecified atom stereocenters. The molecule has 0 radical (unpaired) electrons. The molecule has 1 atom stereocenters. The Morgan fingerprint density at radius 3 is 2.50 bits per heavy atom.